The second kappa shape index (κ2) is 18.3. The van der Waals surface area contributed by atoms with Crippen molar-refractivity contribution in [2.75, 3.05) is 0 Å². The minimum atomic E-state index is 0.586. The maximum Gasteiger partial charge on any atom is 0.0993 e. The van der Waals surface area contributed by atoms with Crippen LogP contribution in [0.1, 0.15) is 72.3 Å². The van der Waals surface area contributed by atoms with Gasteiger partial charge < -0.3 is 9.13 Å². The molecule has 2 heterocycles. The van der Waals surface area contributed by atoms with Crippen molar-refractivity contribution in [3.05, 3.63) is 236 Å². The summed E-state index contributed by atoms with van der Waals surface area (Å²) in [4.78, 5) is 0. The standard InChI is InChI=1S/C73H63N3/c1-41-26-45(5)69(46(6)27-41)55-20-24-63-61(36-55)59-22-18-57(71-49(9)30-43(3)31-50(71)10)38-65(59)75(63)67-34-53(40-74)35-68(73(67)54-16-14-13-15-17-54)76-64-25-21-56(70-47(7)28-42(2)29-48(70)8)37-62(64)60-23-19-58(39-66(60)76)72-51(11)32-44(4)33-52(72)12/h13-39H,1-12H3. The molecule has 0 bridgehead atoms. The van der Waals surface area contributed by atoms with Gasteiger partial charge in [0, 0.05) is 27.1 Å². The van der Waals surface area contributed by atoms with Gasteiger partial charge in [-0.2, -0.15) is 5.26 Å². The maximum absolute atomic E-state index is 11.3. The second-order valence-electron chi connectivity index (χ2n) is 22.1. The quantitative estimate of drug-likeness (QED) is 0.157. The minimum Gasteiger partial charge on any atom is -0.308 e. The summed E-state index contributed by atoms with van der Waals surface area (Å²) in [5, 5.41) is 16.0. The van der Waals surface area contributed by atoms with Crippen LogP contribution in [-0.2, 0) is 0 Å². The molecular weight excluding hydrogens is 919 g/mol. The van der Waals surface area contributed by atoms with E-state index >= 15 is 0 Å². The first kappa shape index (κ1) is 48.2. The van der Waals surface area contributed by atoms with Crippen LogP contribution in [-0.4, -0.2) is 9.13 Å². The Morgan fingerprint density at radius 1 is 0.276 bits per heavy atom. The SMILES string of the molecule is Cc1cc(C)c(-c2ccc3c(c2)c2ccc(-c4c(C)cc(C)cc4C)cc2n3-c2cc(C#N)cc(-n3c4ccc(-c5c(C)cc(C)cc5C)cc4c4ccc(-c5c(C)cc(C)cc5C)cc43)c2-c2ccccc2)c(C)c1. The summed E-state index contributed by atoms with van der Waals surface area (Å²) in [6, 6.07) is 64.2. The van der Waals surface area contributed by atoms with Crippen LogP contribution in [0.5, 0.6) is 0 Å². The van der Waals surface area contributed by atoms with E-state index < -0.39 is 0 Å². The number of fused-ring (bicyclic) bond motifs is 6. The lowest BCUT2D eigenvalue weighted by Crippen LogP contribution is -2.05. The number of aromatic nitrogens is 2. The molecule has 0 saturated heterocycles. The van der Waals surface area contributed by atoms with E-state index in [9.17, 15) is 5.26 Å². The molecule has 12 rings (SSSR count). The van der Waals surface area contributed by atoms with Crippen molar-refractivity contribution in [3.63, 3.8) is 0 Å². The van der Waals surface area contributed by atoms with E-state index in [4.69, 9.17) is 0 Å². The number of aryl methyl sites for hydroxylation is 12. The number of hydrogen-bond donors (Lipinski definition) is 0. The van der Waals surface area contributed by atoms with Crippen LogP contribution in [0.25, 0.3) is 111 Å². The van der Waals surface area contributed by atoms with E-state index in [0.717, 1.165) is 55.3 Å². The highest BCUT2D eigenvalue weighted by Crippen LogP contribution is 2.46. The molecule has 0 saturated carbocycles. The molecule has 0 amide bonds. The smallest absolute Gasteiger partial charge is 0.0993 e. The number of hydrogen-bond acceptors (Lipinski definition) is 1. The number of benzene rings is 10. The van der Waals surface area contributed by atoms with Crippen LogP contribution >= 0.6 is 0 Å². The van der Waals surface area contributed by atoms with E-state index in [1.165, 1.54) is 122 Å². The summed E-state index contributed by atoms with van der Waals surface area (Å²) in [5.74, 6) is 0. The Balaban J connectivity index is 1.23. The lowest BCUT2D eigenvalue weighted by molar-refractivity contribution is 1.13. The fourth-order valence-electron chi connectivity index (χ4n) is 13.7. The molecule has 0 aliphatic heterocycles. The molecule has 76 heavy (non-hydrogen) atoms. The fourth-order valence-corrected chi connectivity index (χ4v) is 13.7. The largest absolute Gasteiger partial charge is 0.308 e. The number of nitriles is 1. The van der Waals surface area contributed by atoms with Gasteiger partial charge in [-0.15, -0.1) is 0 Å². The van der Waals surface area contributed by atoms with Gasteiger partial charge in [0.05, 0.1) is 45.1 Å². The molecule has 3 heteroatoms. The van der Waals surface area contributed by atoms with E-state index in [1.807, 2.05) is 0 Å². The number of nitrogens with zero attached hydrogens (tertiary/aromatic N) is 3. The van der Waals surface area contributed by atoms with E-state index in [0.29, 0.717) is 5.56 Å². The van der Waals surface area contributed by atoms with Crippen molar-refractivity contribution >= 4 is 43.6 Å². The average Bonchev–Trinajstić information content (AvgIpc) is 4.06. The first-order chi connectivity index (χ1) is 36.6. The Labute approximate surface area is 448 Å². The van der Waals surface area contributed by atoms with Crippen molar-refractivity contribution in [2.24, 2.45) is 0 Å². The maximum atomic E-state index is 11.3. The highest BCUT2D eigenvalue weighted by Gasteiger charge is 2.26. The predicted octanol–water partition coefficient (Wildman–Crippen LogP) is 19.8. The predicted molar refractivity (Wildman–Crippen MR) is 324 cm³/mol. The Hall–Kier alpha value is -8.71. The molecule has 0 aliphatic rings. The van der Waals surface area contributed by atoms with Gasteiger partial charge in [-0.25, -0.2) is 0 Å². The monoisotopic (exact) mass is 982 g/mol. The van der Waals surface area contributed by atoms with Gasteiger partial charge in [0.2, 0.25) is 0 Å². The summed E-state index contributed by atoms with van der Waals surface area (Å²) >= 11 is 0. The van der Waals surface area contributed by atoms with Crippen LogP contribution in [0.4, 0.5) is 0 Å². The fraction of sp³-hybridized carbons (Fsp3) is 0.164. The number of rotatable bonds is 7. The Kier molecular flexibility index (Phi) is 11.6. The highest BCUT2D eigenvalue weighted by atomic mass is 15.0. The van der Waals surface area contributed by atoms with Crippen molar-refractivity contribution in [2.45, 2.75) is 83.1 Å². The summed E-state index contributed by atoms with van der Waals surface area (Å²) < 4.78 is 4.91. The molecule has 0 spiro atoms. The molecular formula is C73H63N3. The lowest BCUT2D eigenvalue weighted by Gasteiger charge is -2.21. The molecule has 0 aliphatic carbocycles. The molecule has 0 radical (unpaired) electrons. The minimum absolute atomic E-state index is 0.586. The van der Waals surface area contributed by atoms with Gasteiger partial charge >= 0.3 is 0 Å². The first-order valence-electron chi connectivity index (χ1n) is 26.7. The highest BCUT2D eigenvalue weighted by molar-refractivity contribution is 6.14. The topological polar surface area (TPSA) is 33.6 Å². The van der Waals surface area contributed by atoms with Gasteiger partial charge in [-0.05, 0) is 226 Å². The zero-order chi connectivity index (χ0) is 53.0. The lowest BCUT2D eigenvalue weighted by atomic mass is 9.92. The summed E-state index contributed by atoms with van der Waals surface area (Å²) in [5.41, 5.74) is 33.8. The first-order valence-corrected chi connectivity index (χ1v) is 26.7. The molecule has 0 N–H and O–H groups in total. The van der Waals surface area contributed by atoms with Crippen LogP contribution in [0.15, 0.2) is 164 Å². The van der Waals surface area contributed by atoms with Gasteiger partial charge in [-0.3, -0.25) is 0 Å². The second-order valence-corrected chi connectivity index (χ2v) is 22.1. The van der Waals surface area contributed by atoms with Gasteiger partial charge in [0.1, 0.15) is 0 Å². The molecule has 12 aromatic rings. The molecule has 0 unspecified atom stereocenters. The van der Waals surface area contributed by atoms with E-state index in [2.05, 4.69) is 262 Å². The normalized spacial score (nSPS) is 11.7. The van der Waals surface area contributed by atoms with E-state index in [1.54, 1.807) is 0 Å². The van der Waals surface area contributed by atoms with Crippen LogP contribution in [0.3, 0.4) is 0 Å². The van der Waals surface area contributed by atoms with Gasteiger partial charge in [-0.1, -0.05) is 138 Å². The average molecular weight is 982 g/mol. The van der Waals surface area contributed by atoms with Gasteiger partial charge in [0.15, 0.2) is 0 Å². The van der Waals surface area contributed by atoms with Crippen LogP contribution in [0, 0.1) is 94.4 Å². The van der Waals surface area contributed by atoms with E-state index in [-0.39, 0.29) is 0 Å². The van der Waals surface area contributed by atoms with Crippen molar-refractivity contribution in [1.29, 1.82) is 5.26 Å². The zero-order valence-corrected chi connectivity index (χ0v) is 45.9. The third kappa shape index (κ3) is 7.86. The van der Waals surface area contributed by atoms with Crippen molar-refractivity contribution < 1.29 is 0 Å². The van der Waals surface area contributed by atoms with Crippen LogP contribution in [0.2, 0.25) is 0 Å². The zero-order valence-electron chi connectivity index (χ0n) is 45.9. The molecule has 370 valence electrons. The summed E-state index contributed by atoms with van der Waals surface area (Å²) in [6.07, 6.45) is 0. The van der Waals surface area contributed by atoms with Crippen molar-refractivity contribution in [3.8, 4) is 73.1 Å². The third-order valence-corrected chi connectivity index (χ3v) is 16.2. The molecule has 0 atom stereocenters. The molecule has 10 aromatic carbocycles. The summed E-state index contributed by atoms with van der Waals surface area (Å²) in [7, 11) is 0. The summed E-state index contributed by atoms with van der Waals surface area (Å²) in [6.45, 7) is 26.6. The molecule has 2 aromatic heterocycles. The van der Waals surface area contributed by atoms with Crippen LogP contribution < -0.4 is 0 Å². The van der Waals surface area contributed by atoms with Gasteiger partial charge in [0.25, 0.3) is 0 Å². The molecule has 0 fully saturated rings. The molecule has 3 nitrogen and oxygen atoms in total. The van der Waals surface area contributed by atoms with Crippen molar-refractivity contribution in [1.82, 2.24) is 9.13 Å². The Morgan fingerprint density at radius 2 is 0.592 bits per heavy atom. The Bertz CT molecular complexity index is 4120. The third-order valence-electron chi connectivity index (χ3n) is 16.2. The Morgan fingerprint density at radius 3 is 0.921 bits per heavy atom.